The fourth-order valence-corrected chi connectivity index (χ4v) is 2.42. The monoisotopic (exact) mass is 198 g/mol. The van der Waals surface area contributed by atoms with E-state index in [2.05, 4.69) is 17.1 Å². The van der Waals surface area contributed by atoms with E-state index in [1.165, 1.54) is 25.9 Å². The maximum absolute atomic E-state index is 5.66. The lowest BCUT2D eigenvalue weighted by Crippen LogP contribution is -2.47. The SMILES string of the molecule is CCC1CN(C[C@@H]2CCCN2)CCO1. The van der Waals surface area contributed by atoms with E-state index in [0.717, 1.165) is 32.2 Å². The molecule has 0 spiro atoms. The molecule has 2 aliphatic rings. The van der Waals surface area contributed by atoms with Crippen LogP contribution < -0.4 is 5.32 Å². The lowest BCUT2D eigenvalue weighted by atomic mass is 10.1. The molecule has 0 amide bonds. The van der Waals surface area contributed by atoms with Crippen molar-refractivity contribution in [2.45, 2.75) is 38.3 Å². The van der Waals surface area contributed by atoms with E-state index in [-0.39, 0.29) is 0 Å². The van der Waals surface area contributed by atoms with Gasteiger partial charge in [-0.15, -0.1) is 0 Å². The topological polar surface area (TPSA) is 24.5 Å². The fraction of sp³-hybridized carbons (Fsp3) is 1.00. The van der Waals surface area contributed by atoms with E-state index in [1.54, 1.807) is 0 Å². The summed E-state index contributed by atoms with van der Waals surface area (Å²) in [6.07, 6.45) is 4.33. The Bertz CT molecular complexity index is 169. The van der Waals surface area contributed by atoms with Crippen LogP contribution in [0, 0.1) is 0 Å². The van der Waals surface area contributed by atoms with Crippen LogP contribution in [0.25, 0.3) is 0 Å². The molecule has 2 rings (SSSR count). The summed E-state index contributed by atoms with van der Waals surface area (Å²) >= 11 is 0. The van der Waals surface area contributed by atoms with Crippen molar-refractivity contribution in [1.82, 2.24) is 10.2 Å². The smallest absolute Gasteiger partial charge is 0.0700 e. The third kappa shape index (κ3) is 2.69. The predicted molar refractivity (Wildman–Crippen MR) is 57.5 cm³/mol. The van der Waals surface area contributed by atoms with Gasteiger partial charge in [0.15, 0.2) is 0 Å². The molecule has 1 N–H and O–H groups in total. The Morgan fingerprint density at radius 1 is 1.50 bits per heavy atom. The van der Waals surface area contributed by atoms with Crippen molar-refractivity contribution in [3.63, 3.8) is 0 Å². The summed E-state index contributed by atoms with van der Waals surface area (Å²) in [4.78, 5) is 2.56. The summed E-state index contributed by atoms with van der Waals surface area (Å²) < 4.78 is 5.66. The van der Waals surface area contributed by atoms with E-state index in [4.69, 9.17) is 4.74 Å². The second-order valence-electron chi connectivity index (χ2n) is 4.45. The molecule has 2 aliphatic heterocycles. The van der Waals surface area contributed by atoms with E-state index >= 15 is 0 Å². The van der Waals surface area contributed by atoms with Crippen LogP contribution >= 0.6 is 0 Å². The number of morpholine rings is 1. The maximum Gasteiger partial charge on any atom is 0.0700 e. The lowest BCUT2D eigenvalue weighted by molar-refractivity contribution is -0.0316. The number of nitrogens with one attached hydrogen (secondary N) is 1. The normalized spacial score (nSPS) is 34.9. The van der Waals surface area contributed by atoms with Gasteiger partial charge < -0.3 is 10.1 Å². The van der Waals surface area contributed by atoms with Gasteiger partial charge in [0.2, 0.25) is 0 Å². The molecule has 0 aliphatic carbocycles. The van der Waals surface area contributed by atoms with Crippen LogP contribution in [0.15, 0.2) is 0 Å². The van der Waals surface area contributed by atoms with Crippen LogP contribution in [0.4, 0.5) is 0 Å². The highest BCUT2D eigenvalue weighted by Gasteiger charge is 2.22. The van der Waals surface area contributed by atoms with Crippen LogP contribution in [-0.4, -0.2) is 49.8 Å². The molecule has 2 fully saturated rings. The molecule has 0 aromatic heterocycles. The van der Waals surface area contributed by atoms with Gasteiger partial charge in [-0.3, -0.25) is 4.90 Å². The van der Waals surface area contributed by atoms with Crippen LogP contribution in [0.1, 0.15) is 26.2 Å². The second-order valence-corrected chi connectivity index (χ2v) is 4.45. The largest absolute Gasteiger partial charge is 0.376 e. The second kappa shape index (κ2) is 5.10. The Hall–Kier alpha value is -0.120. The van der Waals surface area contributed by atoms with Gasteiger partial charge in [0, 0.05) is 25.7 Å². The Kier molecular flexibility index (Phi) is 3.79. The molecule has 3 heteroatoms. The highest BCUT2D eigenvalue weighted by molar-refractivity contribution is 4.80. The van der Waals surface area contributed by atoms with Crippen molar-refractivity contribution >= 4 is 0 Å². The number of rotatable bonds is 3. The fourth-order valence-electron chi connectivity index (χ4n) is 2.42. The number of ether oxygens (including phenoxy) is 1. The van der Waals surface area contributed by atoms with Crippen LogP contribution in [0.3, 0.4) is 0 Å². The highest BCUT2D eigenvalue weighted by Crippen LogP contribution is 2.12. The molecule has 82 valence electrons. The van der Waals surface area contributed by atoms with Crippen LogP contribution in [0.5, 0.6) is 0 Å². The quantitative estimate of drug-likeness (QED) is 0.727. The number of hydrogen-bond acceptors (Lipinski definition) is 3. The molecule has 2 heterocycles. The zero-order valence-corrected chi connectivity index (χ0v) is 9.17. The average Bonchev–Trinajstić information content (AvgIpc) is 2.71. The standard InChI is InChI=1S/C11H22N2O/c1-2-11-9-13(6-7-14-11)8-10-4-3-5-12-10/h10-12H,2-9H2,1H3/t10-,11?/m0/s1. The maximum atomic E-state index is 5.66. The van der Waals surface area contributed by atoms with Crippen LogP contribution in [0.2, 0.25) is 0 Å². The minimum absolute atomic E-state index is 0.477. The number of nitrogens with zero attached hydrogens (tertiary/aromatic N) is 1. The molecule has 0 aromatic rings. The third-order valence-electron chi connectivity index (χ3n) is 3.32. The molecule has 2 atom stereocenters. The molecule has 3 nitrogen and oxygen atoms in total. The zero-order valence-electron chi connectivity index (χ0n) is 9.17. The van der Waals surface area contributed by atoms with Gasteiger partial charge in [-0.05, 0) is 25.8 Å². The van der Waals surface area contributed by atoms with Crippen molar-refractivity contribution in [3.8, 4) is 0 Å². The summed E-state index contributed by atoms with van der Waals surface area (Å²) in [5, 5.41) is 3.55. The highest BCUT2D eigenvalue weighted by atomic mass is 16.5. The summed E-state index contributed by atoms with van der Waals surface area (Å²) in [6.45, 7) is 7.82. The van der Waals surface area contributed by atoms with E-state index in [9.17, 15) is 0 Å². The minimum atomic E-state index is 0.477. The first-order valence-electron chi connectivity index (χ1n) is 5.96. The molecule has 0 saturated carbocycles. The van der Waals surface area contributed by atoms with Gasteiger partial charge in [0.1, 0.15) is 0 Å². The summed E-state index contributed by atoms with van der Waals surface area (Å²) in [5.74, 6) is 0. The van der Waals surface area contributed by atoms with Crippen molar-refractivity contribution in [2.24, 2.45) is 0 Å². The molecular weight excluding hydrogens is 176 g/mol. The molecule has 0 aromatic carbocycles. The van der Waals surface area contributed by atoms with E-state index < -0.39 is 0 Å². The summed E-state index contributed by atoms with van der Waals surface area (Å²) in [7, 11) is 0. The number of hydrogen-bond donors (Lipinski definition) is 1. The lowest BCUT2D eigenvalue weighted by Gasteiger charge is -2.34. The molecule has 1 unspecified atom stereocenters. The average molecular weight is 198 g/mol. The molecule has 2 saturated heterocycles. The molecule has 0 bridgehead atoms. The third-order valence-corrected chi connectivity index (χ3v) is 3.32. The van der Waals surface area contributed by atoms with Gasteiger partial charge in [0.25, 0.3) is 0 Å². The van der Waals surface area contributed by atoms with Gasteiger partial charge in [-0.2, -0.15) is 0 Å². The Morgan fingerprint density at radius 2 is 2.43 bits per heavy atom. The Morgan fingerprint density at radius 3 is 3.14 bits per heavy atom. The Balaban J connectivity index is 1.73. The van der Waals surface area contributed by atoms with Gasteiger partial charge in [-0.1, -0.05) is 6.92 Å². The van der Waals surface area contributed by atoms with Gasteiger partial charge in [-0.25, -0.2) is 0 Å². The van der Waals surface area contributed by atoms with E-state index in [0.29, 0.717) is 6.10 Å². The summed E-state index contributed by atoms with van der Waals surface area (Å²) in [6, 6.07) is 0.741. The van der Waals surface area contributed by atoms with Crippen molar-refractivity contribution in [1.29, 1.82) is 0 Å². The molecule has 14 heavy (non-hydrogen) atoms. The minimum Gasteiger partial charge on any atom is -0.376 e. The first-order valence-corrected chi connectivity index (χ1v) is 5.96. The van der Waals surface area contributed by atoms with Crippen LogP contribution in [-0.2, 0) is 4.74 Å². The Labute approximate surface area is 86.8 Å². The first kappa shape index (κ1) is 10.4. The molecule has 0 radical (unpaired) electrons. The first-order chi connectivity index (χ1) is 6.88. The van der Waals surface area contributed by atoms with Crippen molar-refractivity contribution in [2.75, 3.05) is 32.8 Å². The van der Waals surface area contributed by atoms with Crippen molar-refractivity contribution < 1.29 is 4.74 Å². The van der Waals surface area contributed by atoms with Crippen molar-refractivity contribution in [3.05, 3.63) is 0 Å². The van der Waals surface area contributed by atoms with E-state index in [1.807, 2.05) is 0 Å². The van der Waals surface area contributed by atoms with Gasteiger partial charge in [0.05, 0.1) is 12.7 Å². The zero-order chi connectivity index (χ0) is 9.80. The molecular formula is C11H22N2O. The summed E-state index contributed by atoms with van der Waals surface area (Å²) in [5.41, 5.74) is 0. The predicted octanol–water partition coefficient (Wildman–Crippen LogP) is 0.849. The van der Waals surface area contributed by atoms with Gasteiger partial charge >= 0.3 is 0 Å².